The average molecular weight is 198 g/mol. The van der Waals surface area contributed by atoms with Crippen molar-refractivity contribution in [2.24, 2.45) is 0 Å². The van der Waals surface area contributed by atoms with Gasteiger partial charge in [-0.2, -0.15) is 0 Å². The number of hydrogen-bond donors (Lipinski definition) is 0. The lowest BCUT2D eigenvalue weighted by atomic mass is 10.1. The summed E-state index contributed by atoms with van der Waals surface area (Å²) in [5.41, 5.74) is 0. The molecule has 0 saturated carbocycles. The van der Waals surface area contributed by atoms with Crippen molar-refractivity contribution < 1.29 is 9.59 Å². The van der Waals surface area contributed by atoms with Gasteiger partial charge in [0.2, 0.25) is 11.8 Å². The van der Waals surface area contributed by atoms with Crippen LogP contribution in [0.25, 0.3) is 0 Å². The van der Waals surface area contributed by atoms with Crippen LogP contribution in [-0.4, -0.2) is 46.8 Å². The molecule has 80 valence electrons. The number of amides is 2. The Bertz CT molecular complexity index is 227. The minimum absolute atomic E-state index is 0.0569. The average Bonchev–Trinajstić information content (AvgIpc) is 2.17. The first-order valence-corrected chi connectivity index (χ1v) is 5.15. The van der Waals surface area contributed by atoms with Gasteiger partial charge in [-0.05, 0) is 27.7 Å². The number of carbonyl (C=O) groups excluding carboxylic acids is 2. The van der Waals surface area contributed by atoms with Gasteiger partial charge in [-0.25, -0.2) is 0 Å². The number of rotatable bonds is 2. The molecule has 0 aliphatic carbocycles. The van der Waals surface area contributed by atoms with E-state index in [0.717, 1.165) is 0 Å². The summed E-state index contributed by atoms with van der Waals surface area (Å²) in [5, 5.41) is 0. The molecule has 1 aliphatic rings. The summed E-state index contributed by atoms with van der Waals surface area (Å²) in [5.74, 6) is 0.114. The van der Waals surface area contributed by atoms with E-state index in [-0.39, 0.29) is 23.9 Å². The van der Waals surface area contributed by atoms with Gasteiger partial charge in [-0.15, -0.1) is 0 Å². The summed E-state index contributed by atoms with van der Waals surface area (Å²) in [6, 6.07) is -0.604. The molecule has 4 nitrogen and oxygen atoms in total. The van der Waals surface area contributed by atoms with Gasteiger partial charge in [0.05, 0.1) is 0 Å². The normalized spacial score (nSPS) is 28.6. The van der Waals surface area contributed by atoms with Crippen LogP contribution in [0.1, 0.15) is 27.7 Å². The molecule has 0 aromatic heterocycles. The summed E-state index contributed by atoms with van der Waals surface area (Å²) in [4.78, 5) is 26.9. The monoisotopic (exact) mass is 198 g/mol. The van der Waals surface area contributed by atoms with E-state index in [4.69, 9.17) is 0 Å². The Kier molecular flexibility index (Phi) is 3.13. The first-order chi connectivity index (χ1) is 6.54. The smallest absolute Gasteiger partial charge is 0.245 e. The highest BCUT2D eigenvalue weighted by molar-refractivity contribution is 5.96. The van der Waals surface area contributed by atoms with E-state index in [1.54, 1.807) is 23.6 Å². The highest BCUT2D eigenvalue weighted by atomic mass is 16.2. The van der Waals surface area contributed by atoms with Crippen LogP contribution in [-0.2, 0) is 9.59 Å². The predicted octanol–water partition coefficient (Wildman–Crippen LogP) is 0.474. The molecule has 2 atom stereocenters. The number of piperazine rings is 1. The van der Waals surface area contributed by atoms with Gasteiger partial charge in [0.1, 0.15) is 12.1 Å². The third-order valence-electron chi connectivity index (χ3n) is 2.90. The van der Waals surface area contributed by atoms with Crippen LogP contribution in [0.15, 0.2) is 0 Å². The van der Waals surface area contributed by atoms with Gasteiger partial charge in [-0.3, -0.25) is 9.59 Å². The Morgan fingerprint density at radius 3 is 1.43 bits per heavy atom. The van der Waals surface area contributed by atoms with E-state index < -0.39 is 0 Å². The zero-order valence-electron chi connectivity index (χ0n) is 9.28. The third-order valence-corrected chi connectivity index (χ3v) is 2.90. The molecule has 2 amide bonds. The highest BCUT2D eigenvalue weighted by Crippen LogP contribution is 2.16. The molecule has 1 saturated heterocycles. The molecular formula is C10H18N2O2. The number of likely N-dealkylation sites (N-methyl/N-ethyl adjacent to an activating group) is 2. The van der Waals surface area contributed by atoms with Gasteiger partial charge >= 0.3 is 0 Å². The number of carbonyl (C=O) groups is 2. The van der Waals surface area contributed by atoms with Gasteiger partial charge in [0.15, 0.2) is 0 Å². The molecule has 4 heteroatoms. The summed E-state index contributed by atoms with van der Waals surface area (Å²) >= 11 is 0. The van der Waals surface area contributed by atoms with Crippen LogP contribution in [0.2, 0.25) is 0 Å². The van der Waals surface area contributed by atoms with Crippen molar-refractivity contribution in [1.29, 1.82) is 0 Å². The predicted molar refractivity (Wildman–Crippen MR) is 53.7 cm³/mol. The van der Waals surface area contributed by atoms with Gasteiger partial charge in [-0.1, -0.05) is 0 Å². The van der Waals surface area contributed by atoms with Crippen LogP contribution in [0, 0.1) is 0 Å². The van der Waals surface area contributed by atoms with Crippen LogP contribution < -0.4 is 0 Å². The lowest BCUT2D eigenvalue weighted by Gasteiger charge is -2.41. The van der Waals surface area contributed by atoms with E-state index in [1.165, 1.54) is 0 Å². The molecular weight excluding hydrogens is 180 g/mol. The quantitative estimate of drug-likeness (QED) is 0.647. The molecule has 1 rings (SSSR count). The SMILES string of the molecule is CCN1C(=O)C(C)N(CC)C(=O)C1C. The summed E-state index contributed by atoms with van der Waals surface area (Å²) in [6.07, 6.45) is 0. The standard InChI is InChI=1S/C10H18N2O2/c1-5-11-7(3)10(14)12(6-2)8(4)9(11)13/h7-8H,5-6H2,1-4H3. The molecule has 2 unspecified atom stereocenters. The topological polar surface area (TPSA) is 40.6 Å². The fraction of sp³-hybridized carbons (Fsp3) is 0.800. The second kappa shape index (κ2) is 3.98. The van der Waals surface area contributed by atoms with Crippen molar-refractivity contribution in [3.8, 4) is 0 Å². The molecule has 0 N–H and O–H groups in total. The van der Waals surface area contributed by atoms with Crippen molar-refractivity contribution in [2.75, 3.05) is 13.1 Å². The van der Waals surface area contributed by atoms with Gasteiger partial charge < -0.3 is 9.80 Å². The zero-order valence-corrected chi connectivity index (χ0v) is 9.28. The lowest BCUT2D eigenvalue weighted by Crippen LogP contribution is -2.62. The number of nitrogens with zero attached hydrogens (tertiary/aromatic N) is 2. The molecule has 1 heterocycles. The Labute approximate surface area is 84.9 Å². The van der Waals surface area contributed by atoms with Crippen LogP contribution in [0.5, 0.6) is 0 Å². The van der Waals surface area contributed by atoms with Crippen molar-refractivity contribution in [1.82, 2.24) is 9.80 Å². The van der Waals surface area contributed by atoms with Gasteiger partial charge in [0, 0.05) is 13.1 Å². The molecule has 14 heavy (non-hydrogen) atoms. The molecule has 0 aromatic rings. The second-order valence-corrected chi connectivity index (χ2v) is 3.60. The summed E-state index contributed by atoms with van der Waals surface area (Å²) in [7, 11) is 0. The molecule has 0 aromatic carbocycles. The summed E-state index contributed by atoms with van der Waals surface area (Å²) in [6.45, 7) is 8.59. The maximum absolute atomic E-state index is 11.8. The fourth-order valence-corrected chi connectivity index (χ4v) is 1.99. The van der Waals surface area contributed by atoms with Gasteiger partial charge in [0.25, 0.3) is 0 Å². The maximum atomic E-state index is 11.8. The van der Waals surface area contributed by atoms with Crippen LogP contribution >= 0.6 is 0 Å². The first-order valence-electron chi connectivity index (χ1n) is 5.15. The molecule has 0 bridgehead atoms. The second-order valence-electron chi connectivity index (χ2n) is 3.60. The van der Waals surface area contributed by atoms with E-state index in [0.29, 0.717) is 13.1 Å². The van der Waals surface area contributed by atoms with E-state index >= 15 is 0 Å². The Balaban J connectivity index is 2.93. The van der Waals surface area contributed by atoms with E-state index in [2.05, 4.69) is 0 Å². The Morgan fingerprint density at radius 1 is 0.929 bits per heavy atom. The maximum Gasteiger partial charge on any atom is 0.245 e. The van der Waals surface area contributed by atoms with E-state index in [1.807, 2.05) is 13.8 Å². The highest BCUT2D eigenvalue weighted by Gasteiger charge is 2.39. The molecule has 1 fully saturated rings. The molecule has 0 spiro atoms. The third kappa shape index (κ3) is 1.49. The fourth-order valence-electron chi connectivity index (χ4n) is 1.99. The molecule has 0 radical (unpaired) electrons. The lowest BCUT2D eigenvalue weighted by molar-refractivity contribution is -0.159. The minimum atomic E-state index is -0.302. The minimum Gasteiger partial charge on any atom is -0.329 e. The van der Waals surface area contributed by atoms with E-state index in [9.17, 15) is 9.59 Å². The van der Waals surface area contributed by atoms with Crippen LogP contribution in [0.3, 0.4) is 0 Å². The van der Waals surface area contributed by atoms with Crippen molar-refractivity contribution >= 4 is 11.8 Å². The molecule has 1 aliphatic heterocycles. The van der Waals surface area contributed by atoms with Crippen molar-refractivity contribution in [2.45, 2.75) is 39.8 Å². The Hall–Kier alpha value is -1.06. The first kappa shape index (κ1) is 11.0. The number of hydrogen-bond acceptors (Lipinski definition) is 2. The van der Waals surface area contributed by atoms with Crippen molar-refractivity contribution in [3.05, 3.63) is 0 Å². The van der Waals surface area contributed by atoms with Crippen LogP contribution in [0.4, 0.5) is 0 Å². The Morgan fingerprint density at radius 2 is 1.21 bits per heavy atom. The zero-order chi connectivity index (χ0) is 10.9. The summed E-state index contributed by atoms with van der Waals surface area (Å²) < 4.78 is 0. The van der Waals surface area contributed by atoms with Crippen molar-refractivity contribution in [3.63, 3.8) is 0 Å². The largest absolute Gasteiger partial charge is 0.329 e.